The van der Waals surface area contributed by atoms with Crippen LogP contribution in [0.1, 0.15) is 16.1 Å². The maximum Gasteiger partial charge on any atom is 0.260 e. The SMILES string of the molecule is COc1ccc(NC(=O)CSCc2csc(NC(=O)c3ccc(F)cc3F)n2)cc1. The van der Waals surface area contributed by atoms with Gasteiger partial charge in [-0.3, -0.25) is 14.9 Å². The molecule has 0 aliphatic heterocycles. The van der Waals surface area contributed by atoms with Crippen molar-refractivity contribution in [2.24, 2.45) is 0 Å². The highest BCUT2D eigenvalue weighted by atomic mass is 32.2. The molecule has 2 aromatic carbocycles. The largest absolute Gasteiger partial charge is 0.497 e. The van der Waals surface area contributed by atoms with E-state index in [4.69, 9.17) is 4.74 Å². The number of thioether (sulfide) groups is 1. The first-order chi connectivity index (χ1) is 14.4. The molecule has 0 radical (unpaired) electrons. The summed E-state index contributed by atoms with van der Waals surface area (Å²) in [7, 11) is 1.57. The zero-order valence-corrected chi connectivity index (χ0v) is 17.4. The van der Waals surface area contributed by atoms with Gasteiger partial charge in [0.1, 0.15) is 17.4 Å². The predicted molar refractivity (Wildman–Crippen MR) is 114 cm³/mol. The van der Waals surface area contributed by atoms with Crippen LogP contribution in [-0.2, 0) is 10.5 Å². The van der Waals surface area contributed by atoms with E-state index in [0.29, 0.717) is 34.1 Å². The van der Waals surface area contributed by atoms with Gasteiger partial charge in [0.2, 0.25) is 5.91 Å². The van der Waals surface area contributed by atoms with E-state index in [-0.39, 0.29) is 17.2 Å². The highest BCUT2D eigenvalue weighted by Crippen LogP contribution is 2.21. The lowest BCUT2D eigenvalue weighted by molar-refractivity contribution is -0.113. The van der Waals surface area contributed by atoms with Crippen molar-refractivity contribution in [2.75, 3.05) is 23.5 Å². The second-order valence-electron chi connectivity index (χ2n) is 5.99. The molecular formula is C20H17F2N3O3S2. The molecule has 0 spiro atoms. The number of rotatable bonds is 8. The Morgan fingerprint density at radius 3 is 2.60 bits per heavy atom. The van der Waals surface area contributed by atoms with Crippen LogP contribution in [0.3, 0.4) is 0 Å². The number of hydrogen-bond acceptors (Lipinski definition) is 6. The van der Waals surface area contributed by atoms with E-state index in [1.165, 1.54) is 23.1 Å². The lowest BCUT2D eigenvalue weighted by atomic mass is 10.2. The highest BCUT2D eigenvalue weighted by Gasteiger charge is 2.14. The summed E-state index contributed by atoms with van der Waals surface area (Å²) in [6.07, 6.45) is 0. The lowest BCUT2D eigenvalue weighted by Crippen LogP contribution is -2.14. The van der Waals surface area contributed by atoms with Gasteiger partial charge in [-0.05, 0) is 36.4 Å². The van der Waals surface area contributed by atoms with Crippen LogP contribution in [0.15, 0.2) is 47.8 Å². The number of anilines is 2. The monoisotopic (exact) mass is 449 g/mol. The molecule has 0 aliphatic carbocycles. The van der Waals surface area contributed by atoms with Crippen molar-refractivity contribution >= 4 is 45.7 Å². The predicted octanol–water partition coefficient (Wildman–Crippen LogP) is 4.55. The number of nitrogens with one attached hydrogen (secondary N) is 2. The van der Waals surface area contributed by atoms with Crippen molar-refractivity contribution in [1.82, 2.24) is 4.98 Å². The molecule has 2 N–H and O–H groups in total. The summed E-state index contributed by atoms with van der Waals surface area (Å²) in [6.45, 7) is 0. The smallest absolute Gasteiger partial charge is 0.260 e. The van der Waals surface area contributed by atoms with Crippen LogP contribution in [0.5, 0.6) is 5.75 Å². The van der Waals surface area contributed by atoms with Gasteiger partial charge in [-0.25, -0.2) is 13.8 Å². The van der Waals surface area contributed by atoms with E-state index in [1.807, 2.05) is 0 Å². The summed E-state index contributed by atoms with van der Waals surface area (Å²) in [5.41, 5.74) is 1.09. The van der Waals surface area contributed by atoms with Gasteiger partial charge in [0.05, 0.1) is 24.1 Å². The standard InChI is InChI=1S/C20H17F2N3O3S2/c1-28-15-5-3-13(4-6-15)23-18(26)11-29-9-14-10-30-20(24-14)25-19(27)16-7-2-12(21)8-17(16)22/h2-8,10H,9,11H2,1H3,(H,23,26)(H,24,25,27). The molecule has 2 amide bonds. The summed E-state index contributed by atoms with van der Waals surface area (Å²) >= 11 is 2.55. The number of amides is 2. The maximum absolute atomic E-state index is 13.7. The second kappa shape index (κ2) is 10.2. The fourth-order valence-electron chi connectivity index (χ4n) is 2.39. The normalized spacial score (nSPS) is 10.5. The summed E-state index contributed by atoms with van der Waals surface area (Å²) in [5.74, 6) is -1.16. The Bertz CT molecular complexity index is 1040. The van der Waals surface area contributed by atoms with Crippen molar-refractivity contribution < 1.29 is 23.1 Å². The van der Waals surface area contributed by atoms with E-state index in [2.05, 4.69) is 15.6 Å². The van der Waals surface area contributed by atoms with Crippen molar-refractivity contribution in [3.8, 4) is 5.75 Å². The third-order valence-corrected chi connectivity index (χ3v) is 5.58. The fraction of sp³-hybridized carbons (Fsp3) is 0.150. The van der Waals surface area contributed by atoms with Crippen molar-refractivity contribution in [2.45, 2.75) is 5.75 Å². The van der Waals surface area contributed by atoms with Crippen molar-refractivity contribution in [3.63, 3.8) is 0 Å². The number of hydrogen-bond donors (Lipinski definition) is 2. The third kappa shape index (κ3) is 6.01. The molecule has 0 unspecified atom stereocenters. The van der Waals surface area contributed by atoms with Crippen LogP contribution in [0.25, 0.3) is 0 Å². The first kappa shape index (κ1) is 21.7. The van der Waals surface area contributed by atoms with Crippen LogP contribution >= 0.6 is 23.1 Å². The molecule has 0 fully saturated rings. The molecule has 0 atom stereocenters. The topological polar surface area (TPSA) is 80.3 Å². The number of ether oxygens (including phenoxy) is 1. The molecule has 3 rings (SSSR count). The molecule has 30 heavy (non-hydrogen) atoms. The Balaban J connectivity index is 1.45. The van der Waals surface area contributed by atoms with E-state index in [1.54, 1.807) is 36.8 Å². The number of methoxy groups -OCH3 is 1. The average Bonchev–Trinajstić information content (AvgIpc) is 3.15. The molecule has 0 saturated carbocycles. The Morgan fingerprint density at radius 2 is 1.90 bits per heavy atom. The molecular weight excluding hydrogens is 432 g/mol. The van der Waals surface area contributed by atoms with Gasteiger partial charge < -0.3 is 10.1 Å². The summed E-state index contributed by atoms with van der Waals surface area (Å²) < 4.78 is 31.7. The fourth-order valence-corrected chi connectivity index (χ4v) is 3.92. The first-order valence-electron chi connectivity index (χ1n) is 8.67. The summed E-state index contributed by atoms with van der Waals surface area (Å²) in [5, 5.41) is 7.31. The maximum atomic E-state index is 13.7. The summed E-state index contributed by atoms with van der Waals surface area (Å²) in [4.78, 5) is 28.4. The van der Waals surface area contributed by atoms with Gasteiger partial charge in [0.25, 0.3) is 5.91 Å². The van der Waals surface area contributed by atoms with Crippen LogP contribution < -0.4 is 15.4 Å². The number of aromatic nitrogens is 1. The number of carbonyl (C=O) groups excluding carboxylic acids is 2. The van der Waals surface area contributed by atoms with E-state index in [9.17, 15) is 18.4 Å². The van der Waals surface area contributed by atoms with E-state index < -0.39 is 17.5 Å². The van der Waals surface area contributed by atoms with Crippen LogP contribution in [0, 0.1) is 11.6 Å². The van der Waals surface area contributed by atoms with Gasteiger partial charge in [-0.15, -0.1) is 23.1 Å². The highest BCUT2D eigenvalue weighted by molar-refractivity contribution is 7.99. The van der Waals surface area contributed by atoms with Gasteiger partial charge in [-0.2, -0.15) is 0 Å². The Hall–Kier alpha value is -2.98. The first-order valence-corrected chi connectivity index (χ1v) is 10.7. The zero-order valence-electron chi connectivity index (χ0n) is 15.8. The molecule has 3 aromatic rings. The second-order valence-corrected chi connectivity index (χ2v) is 7.84. The molecule has 156 valence electrons. The third-order valence-electron chi connectivity index (χ3n) is 3.80. The number of benzene rings is 2. The number of thiazole rings is 1. The minimum Gasteiger partial charge on any atom is -0.497 e. The van der Waals surface area contributed by atoms with Crippen molar-refractivity contribution in [1.29, 1.82) is 0 Å². The number of halogens is 2. The molecule has 0 saturated heterocycles. The van der Waals surface area contributed by atoms with Crippen LogP contribution in [0.2, 0.25) is 0 Å². The number of nitrogens with zero attached hydrogens (tertiary/aromatic N) is 1. The Morgan fingerprint density at radius 1 is 1.13 bits per heavy atom. The molecule has 0 bridgehead atoms. The molecule has 1 aromatic heterocycles. The van der Waals surface area contributed by atoms with E-state index in [0.717, 1.165) is 12.1 Å². The zero-order chi connectivity index (χ0) is 21.5. The minimum atomic E-state index is -0.942. The Labute approximate surface area is 179 Å². The van der Waals surface area contributed by atoms with Gasteiger partial charge in [0, 0.05) is 22.9 Å². The molecule has 6 nitrogen and oxygen atoms in total. The lowest BCUT2D eigenvalue weighted by Gasteiger charge is -2.06. The van der Waals surface area contributed by atoms with Gasteiger partial charge in [0.15, 0.2) is 5.13 Å². The van der Waals surface area contributed by atoms with E-state index >= 15 is 0 Å². The minimum absolute atomic E-state index is 0.152. The quantitative estimate of drug-likeness (QED) is 0.527. The van der Waals surface area contributed by atoms with Gasteiger partial charge in [-0.1, -0.05) is 0 Å². The summed E-state index contributed by atoms with van der Waals surface area (Å²) in [6, 6.07) is 9.75. The van der Waals surface area contributed by atoms with Crippen LogP contribution in [-0.4, -0.2) is 29.7 Å². The number of carbonyl (C=O) groups is 2. The van der Waals surface area contributed by atoms with Crippen molar-refractivity contribution in [3.05, 3.63) is 70.7 Å². The van der Waals surface area contributed by atoms with Crippen LogP contribution in [0.4, 0.5) is 19.6 Å². The molecule has 0 aliphatic rings. The Kier molecular flexibility index (Phi) is 7.36. The molecule has 1 heterocycles. The molecule has 10 heteroatoms. The average molecular weight is 450 g/mol. The van der Waals surface area contributed by atoms with Gasteiger partial charge >= 0.3 is 0 Å².